The number of ether oxygens (including phenoxy) is 3. The van der Waals surface area contributed by atoms with Crippen LogP contribution in [0.1, 0.15) is 22.5 Å². The van der Waals surface area contributed by atoms with E-state index in [1.165, 1.54) is 10.7 Å². The highest BCUT2D eigenvalue weighted by Crippen LogP contribution is 2.30. The molecule has 2 atom stereocenters. The summed E-state index contributed by atoms with van der Waals surface area (Å²) in [5.74, 6) is 0.754. The quantitative estimate of drug-likeness (QED) is 0.587. The Morgan fingerprint density at radius 2 is 2.15 bits per heavy atom. The largest absolute Gasteiger partial charge is 0.522 e. The van der Waals surface area contributed by atoms with E-state index >= 15 is 0 Å². The number of alkyl halides is 3. The molecule has 1 aromatic carbocycles. The van der Waals surface area contributed by atoms with Crippen LogP contribution in [-0.4, -0.2) is 57.2 Å². The van der Waals surface area contributed by atoms with Gasteiger partial charge >= 0.3 is 6.36 Å². The van der Waals surface area contributed by atoms with E-state index in [2.05, 4.69) is 20.3 Å². The lowest BCUT2D eigenvalue weighted by Crippen LogP contribution is -2.43. The van der Waals surface area contributed by atoms with Crippen LogP contribution in [0.4, 0.5) is 13.2 Å². The molecule has 0 aliphatic carbocycles. The zero-order chi connectivity index (χ0) is 23.9. The van der Waals surface area contributed by atoms with Gasteiger partial charge in [0.05, 0.1) is 25.4 Å². The molecule has 0 bridgehead atoms. The van der Waals surface area contributed by atoms with Crippen LogP contribution in [0, 0.1) is 0 Å². The summed E-state index contributed by atoms with van der Waals surface area (Å²) in [6.07, 6.45) is -0.775. The molecule has 0 spiro atoms. The number of carbonyl (C=O) groups excluding carboxylic acids is 1. The third kappa shape index (κ3) is 4.86. The fourth-order valence-corrected chi connectivity index (χ4v) is 4.09. The lowest BCUT2D eigenvalue weighted by molar-refractivity contribution is -0.325. The van der Waals surface area contributed by atoms with Crippen molar-refractivity contribution in [1.29, 1.82) is 0 Å². The second kappa shape index (κ2) is 8.67. The first-order valence-corrected chi connectivity index (χ1v) is 10.7. The van der Waals surface area contributed by atoms with E-state index in [1.807, 2.05) is 31.4 Å². The van der Waals surface area contributed by atoms with Crippen molar-refractivity contribution in [2.75, 3.05) is 13.2 Å². The van der Waals surface area contributed by atoms with Crippen LogP contribution in [0.15, 0.2) is 36.7 Å². The number of fused-ring (bicyclic) bond motifs is 2. The van der Waals surface area contributed by atoms with Crippen molar-refractivity contribution in [3.63, 3.8) is 0 Å². The molecule has 1 N–H and O–H groups in total. The third-order valence-electron chi connectivity index (χ3n) is 5.69. The molecule has 34 heavy (non-hydrogen) atoms. The van der Waals surface area contributed by atoms with Crippen LogP contribution in [0.25, 0.3) is 11.1 Å². The first-order chi connectivity index (χ1) is 16.2. The van der Waals surface area contributed by atoms with Crippen molar-refractivity contribution in [3.8, 4) is 22.8 Å². The Balaban J connectivity index is 1.17. The molecule has 1 amide bonds. The summed E-state index contributed by atoms with van der Waals surface area (Å²) >= 11 is 0. The molecule has 12 heteroatoms. The van der Waals surface area contributed by atoms with Crippen molar-refractivity contribution in [2.24, 2.45) is 7.05 Å². The number of aromatic nitrogens is 4. The van der Waals surface area contributed by atoms with Crippen LogP contribution in [0.5, 0.6) is 11.6 Å². The molecule has 3 aromatic rings. The van der Waals surface area contributed by atoms with E-state index < -0.39 is 19.1 Å². The molecule has 0 saturated carbocycles. The average Bonchev–Trinajstić information content (AvgIpc) is 3.47. The zero-order valence-corrected chi connectivity index (χ0v) is 18.2. The van der Waals surface area contributed by atoms with Gasteiger partial charge in [-0.25, -0.2) is 4.68 Å². The number of halogens is 3. The van der Waals surface area contributed by atoms with E-state index in [1.54, 1.807) is 10.9 Å². The Kier molecular flexibility index (Phi) is 5.68. The Bertz CT molecular complexity index is 1180. The highest BCUT2D eigenvalue weighted by molar-refractivity contribution is 5.92. The first-order valence-electron chi connectivity index (χ1n) is 10.7. The number of carbonyl (C=O) groups is 1. The summed E-state index contributed by atoms with van der Waals surface area (Å²) in [5.41, 5.74) is 3.17. The van der Waals surface area contributed by atoms with Crippen molar-refractivity contribution in [1.82, 2.24) is 24.9 Å². The van der Waals surface area contributed by atoms with Crippen molar-refractivity contribution < 1.29 is 32.2 Å². The fourth-order valence-electron chi connectivity index (χ4n) is 4.09. The summed E-state index contributed by atoms with van der Waals surface area (Å²) in [6, 6.07) is 7.17. The second-order valence-corrected chi connectivity index (χ2v) is 8.28. The zero-order valence-electron chi connectivity index (χ0n) is 18.2. The van der Waals surface area contributed by atoms with E-state index in [4.69, 9.17) is 9.47 Å². The standard InChI is InChI=1S/C22H22F3N5O4/c1-29-10-15(9-26-29)13-2-3-19-14(6-13)7-16(12-32-19)27-21(31)18-8-20-30(28-18)11-17(34-20)4-5-33-22(23,24)25/h2-3,6,8-10,16-17H,4-5,7,11-12H2,1H3,(H,27,31)/t16-,17?/m1/s1. The molecule has 0 fully saturated rings. The number of nitrogens with zero attached hydrogens (tertiary/aromatic N) is 4. The van der Waals surface area contributed by atoms with Gasteiger partial charge in [-0.15, -0.1) is 13.2 Å². The molecule has 2 aromatic heterocycles. The molecule has 0 radical (unpaired) electrons. The van der Waals surface area contributed by atoms with Gasteiger partial charge in [-0.3, -0.25) is 14.2 Å². The topological polar surface area (TPSA) is 92.4 Å². The van der Waals surface area contributed by atoms with Gasteiger partial charge in [-0.05, 0) is 29.7 Å². The van der Waals surface area contributed by atoms with E-state index in [0.29, 0.717) is 18.9 Å². The van der Waals surface area contributed by atoms with Gasteiger partial charge in [0.1, 0.15) is 18.5 Å². The number of nitrogens with one attached hydrogen (secondary N) is 1. The summed E-state index contributed by atoms with van der Waals surface area (Å²) in [7, 11) is 1.86. The molecular weight excluding hydrogens is 455 g/mol. The monoisotopic (exact) mass is 477 g/mol. The van der Waals surface area contributed by atoms with Gasteiger partial charge < -0.3 is 14.8 Å². The van der Waals surface area contributed by atoms with E-state index in [-0.39, 0.29) is 30.6 Å². The minimum absolute atomic E-state index is 0.0598. The van der Waals surface area contributed by atoms with Crippen LogP contribution in [-0.2, 0) is 24.8 Å². The summed E-state index contributed by atoms with van der Waals surface area (Å²) in [4.78, 5) is 12.7. The van der Waals surface area contributed by atoms with Gasteiger partial charge in [0.25, 0.3) is 5.91 Å². The molecule has 9 nitrogen and oxygen atoms in total. The molecule has 4 heterocycles. The molecule has 2 aliphatic rings. The molecule has 2 aliphatic heterocycles. The molecule has 5 rings (SSSR count). The van der Waals surface area contributed by atoms with E-state index in [9.17, 15) is 18.0 Å². The number of rotatable bonds is 6. The van der Waals surface area contributed by atoms with E-state index in [0.717, 1.165) is 22.4 Å². The second-order valence-electron chi connectivity index (χ2n) is 8.28. The Labute approximate surface area is 192 Å². The maximum Gasteiger partial charge on any atom is 0.522 e. The van der Waals surface area contributed by atoms with Crippen molar-refractivity contribution >= 4 is 5.91 Å². The fraction of sp³-hybridized carbons (Fsp3) is 0.409. The normalized spacial score (nSPS) is 19.2. The number of amides is 1. The minimum atomic E-state index is -4.67. The lowest BCUT2D eigenvalue weighted by Gasteiger charge is -2.26. The number of hydrogen-bond donors (Lipinski definition) is 1. The van der Waals surface area contributed by atoms with Crippen LogP contribution >= 0.6 is 0 Å². The Morgan fingerprint density at radius 1 is 1.29 bits per heavy atom. The van der Waals surface area contributed by atoms with Gasteiger partial charge in [0.2, 0.25) is 5.88 Å². The highest BCUT2D eigenvalue weighted by Gasteiger charge is 2.32. The van der Waals surface area contributed by atoms with Crippen molar-refractivity contribution in [2.45, 2.75) is 37.9 Å². The Hall–Kier alpha value is -3.54. The molecule has 1 unspecified atom stereocenters. The van der Waals surface area contributed by atoms with Gasteiger partial charge in [-0.1, -0.05) is 6.07 Å². The van der Waals surface area contributed by atoms with Crippen LogP contribution < -0.4 is 14.8 Å². The van der Waals surface area contributed by atoms with Crippen molar-refractivity contribution in [3.05, 3.63) is 47.9 Å². The molecule has 0 saturated heterocycles. The average molecular weight is 477 g/mol. The van der Waals surface area contributed by atoms with Crippen LogP contribution in [0.3, 0.4) is 0 Å². The minimum Gasteiger partial charge on any atom is -0.491 e. The van der Waals surface area contributed by atoms with Crippen LogP contribution in [0.2, 0.25) is 0 Å². The highest BCUT2D eigenvalue weighted by atomic mass is 19.4. The predicted octanol–water partition coefficient (Wildman–Crippen LogP) is 2.70. The molecular formula is C22H22F3N5O4. The number of hydrogen-bond acceptors (Lipinski definition) is 6. The Morgan fingerprint density at radius 3 is 2.88 bits per heavy atom. The molecule has 180 valence electrons. The lowest BCUT2D eigenvalue weighted by atomic mass is 9.98. The summed E-state index contributed by atoms with van der Waals surface area (Å²) in [6.45, 7) is 0.0786. The summed E-state index contributed by atoms with van der Waals surface area (Å²) < 4.78 is 54.7. The smallest absolute Gasteiger partial charge is 0.491 e. The number of aryl methyl sites for hydroxylation is 1. The number of benzene rings is 1. The predicted molar refractivity (Wildman–Crippen MR) is 112 cm³/mol. The first kappa shape index (κ1) is 22.3. The SMILES string of the molecule is Cn1cc(-c2ccc3c(c2)C[C@@H](NC(=O)c2cc4n(n2)CC(CCOC(F)(F)F)O4)CO3)cn1. The van der Waals surface area contributed by atoms with Gasteiger partial charge in [0.15, 0.2) is 5.69 Å². The maximum atomic E-state index is 12.7. The van der Waals surface area contributed by atoms with Gasteiger partial charge in [0, 0.05) is 31.3 Å². The maximum absolute atomic E-state index is 12.7. The summed E-state index contributed by atoms with van der Waals surface area (Å²) in [5, 5.41) is 11.4. The van der Waals surface area contributed by atoms with Gasteiger partial charge in [-0.2, -0.15) is 10.2 Å². The third-order valence-corrected chi connectivity index (χ3v) is 5.69.